The van der Waals surface area contributed by atoms with Crippen molar-refractivity contribution in [2.24, 2.45) is 5.41 Å². The van der Waals surface area contributed by atoms with Crippen LogP contribution in [0.1, 0.15) is 44.7 Å². The molecule has 3 heteroatoms. The lowest BCUT2D eigenvalue weighted by molar-refractivity contribution is 0.340. The largest absolute Gasteiger partial charge is 0.497 e. The van der Waals surface area contributed by atoms with Crippen molar-refractivity contribution in [3.8, 4) is 16.9 Å². The average molecular weight is 335 g/mol. The van der Waals surface area contributed by atoms with E-state index in [4.69, 9.17) is 16.3 Å². The third-order valence-corrected chi connectivity index (χ3v) is 4.81. The van der Waals surface area contributed by atoms with Gasteiger partial charge in [0, 0.05) is 11.4 Å². The molecule has 0 aliphatic rings. The van der Waals surface area contributed by atoms with Crippen LogP contribution in [0.2, 0.25) is 0 Å². The molecule has 1 nitrogen and oxygen atoms in total. The molecule has 0 aliphatic heterocycles. The second kappa shape index (κ2) is 6.92. The predicted molar refractivity (Wildman–Crippen MR) is 95.8 cm³/mol. The first-order valence-electron chi connectivity index (χ1n) is 7.80. The molecule has 0 fully saturated rings. The number of ether oxygens (including phenoxy) is 1. The van der Waals surface area contributed by atoms with Crippen LogP contribution in [0.3, 0.4) is 0 Å². The molecule has 0 radical (unpaired) electrons. The standard InChI is InChI=1S/C20H24ClFO/c1-13(20(2,3)4)17-10-14(12-21)6-8-16(17)18-11-15(23-5)7-9-19(18)22/h6-11,13H,12H2,1-5H3/t13-/m1/s1. The van der Waals surface area contributed by atoms with Crippen molar-refractivity contribution in [2.45, 2.75) is 39.5 Å². The van der Waals surface area contributed by atoms with Crippen LogP contribution in [0.15, 0.2) is 36.4 Å². The molecular formula is C20H24ClFO. The van der Waals surface area contributed by atoms with Crippen LogP contribution in [0.5, 0.6) is 5.75 Å². The summed E-state index contributed by atoms with van der Waals surface area (Å²) in [5.74, 6) is 1.11. The van der Waals surface area contributed by atoms with E-state index in [0.29, 0.717) is 17.2 Å². The van der Waals surface area contributed by atoms with Crippen molar-refractivity contribution < 1.29 is 9.13 Å². The Bertz CT molecular complexity index is 689. The van der Waals surface area contributed by atoms with E-state index < -0.39 is 0 Å². The molecule has 23 heavy (non-hydrogen) atoms. The molecule has 0 saturated heterocycles. The number of methoxy groups -OCH3 is 1. The molecule has 0 amide bonds. The normalized spacial score (nSPS) is 13.0. The summed E-state index contributed by atoms with van der Waals surface area (Å²) in [7, 11) is 1.59. The highest BCUT2D eigenvalue weighted by molar-refractivity contribution is 6.17. The second-order valence-electron chi connectivity index (χ2n) is 6.99. The lowest BCUT2D eigenvalue weighted by Gasteiger charge is -2.30. The molecule has 0 spiro atoms. The maximum absolute atomic E-state index is 14.4. The Morgan fingerprint density at radius 1 is 1.09 bits per heavy atom. The van der Waals surface area contributed by atoms with Crippen LogP contribution in [-0.2, 0) is 5.88 Å². The number of hydrogen-bond acceptors (Lipinski definition) is 1. The molecule has 1 atom stereocenters. The monoisotopic (exact) mass is 334 g/mol. The number of hydrogen-bond donors (Lipinski definition) is 0. The molecular weight excluding hydrogens is 311 g/mol. The fraction of sp³-hybridized carbons (Fsp3) is 0.400. The first kappa shape index (κ1) is 17.8. The van der Waals surface area contributed by atoms with Crippen LogP contribution in [0.25, 0.3) is 11.1 Å². The van der Waals surface area contributed by atoms with Gasteiger partial charge in [0.05, 0.1) is 7.11 Å². The van der Waals surface area contributed by atoms with E-state index in [2.05, 4.69) is 33.8 Å². The van der Waals surface area contributed by atoms with Gasteiger partial charge in [-0.3, -0.25) is 0 Å². The zero-order chi connectivity index (χ0) is 17.2. The van der Waals surface area contributed by atoms with E-state index in [0.717, 1.165) is 16.7 Å². The lowest BCUT2D eigenvalue weighted by Crippen LogP contribution is -2.16. The molecule has 124 valence electrons. The summed E-state index contributed by atoms with van der Waals surface area (Å²) in [6.45, 7) is 8.75. The smallest absolute Gasteiger partial charge is 0.131 e. The van der Waals surface area contributed by atoms with Gasteiger partial charge in [0.25, 0.3) is 0 Å². The molecule has 0 bridgehead atoms. The van der Waals surface area contributed by atoms with Gasteiger partial charge in [-0.1, -0.05) is 45.9 Å². The molecule has 2 rings (SSSR count). The first-order chi connectivity index (χ1) is 10.8. The number of halogens is 2. The summed E-state index contributed by atoms with van der Waals surface area (Å²) in [4.78, 5) is 0. The van der Waals surface area contributed by atoms with Crippen LogP contribution in [0.4, 0.5) is 4.39 Å². The zero-order valence-electron chi connectivity index (χ0n) is 14.4. The molecule has 0 aromatic heterocycles. The van der Waals surface area contributed by atoms with Gasteiger partial charge in [-0.2, -0.15) is 0 Å². The van der Waals surface area contributed by atoms with E-state index in [1.54, 1.807) is 19.2 Å². The molecule has 2 aromatic carbocycles. The minimum Gasteiger partial charge on any atom is -0.497 e. The molecule has 0 heterocycles. The average Bonchev–Trinajstić information content (AvgIpc) is 2.53. The van der Waals surface area contributed by atoms with Gasteiger partial charge >= 0.3 is 0 Å². The third kappa shape index (κ3) is 3.87. The van der Waals surface area contributed by atoms with Gasteiger partial charge in [-0.05, 0) is 46.2 Å². The van der Waals surface area contributed by atoms with E-state index in [9.17, 15) is 4.39 Å². The number of rotatable bonds is 4. The summed E-state index contributed by atoms with van der Waals surface area (Å²) < 4.78 is 19.7. The van der Waals surface area contributed by atoms with Gasteiger partial charge in [0.15, 0.2) is 0 Å². The Labute approximate surface area is 143 Å². The van der Waals surface area contributed by atoms with Gasteiger partial charge in [-0.15, -0.1) is 11.6 Å². The van der Waals surface area contributed by atoms with Crippen molar-refractivity contribution in [3.63, 3.8) is 0 Å². The van der Waals surface area contributed by atoms with Crippen molar-refractivity contribution in [1.29, 1.82) is 0 Å². The third-order valence-electron chi connectivity index (χ3n) is 4.50. The fourth-order valence-corrected chi connectivity index (χ4v) is 2.77. The fourth-order valence-electron chi connectivity index (χ4n) is 2.60. The lowest BCUT2D eigenvalue weighted by atomic mass is 9.75. The number of benzene rings is 2. The Morgan fingerprint density at radius 2 is 1.78 bits per heavy atom. The summed E-state index contributed by atoms with van der Waals surface area (Å²) in [6.07, 6.45) is 0. The van der Waals surface area contributed by atoms with E-state index >= 15 is 0 Å². The highest BCUT2D eigenvalue weighted by Crippen LogP contribution is 2.41. The Balaban J connectivity index is 2.67. The van der Waals surface area contributed by atoms with Crippen molar-refractivity contribution in [2.75, 3.05) is 7.11 Å². The summed E-state index contributed by atoms with van der Waals surface area (Å²) in [5.41, 5.74) is 3.69. The molecule has 0 N–H and O–H groups in total. The highest BCUT2D eigenvalue weighted by atomic mass is 35.5. The van der Waals surface area contributed by atoms with E-state index in [1.807, 2.05) is 12.1 Å². The van der Waals surface area contributed by atoms with E-state index in [-0.39, 0.29) is 17.2 Å². The predicted octanol–water partition coefficient (Wildman–Crippen LogP) is 6.39. The van der Waals surface area contributed by atoms with Crippen LogP contribution in [-0.4, -0.2) is 7.11 Å². The van der Waals surface area contributed by atoms with E-state index in [1.165, 1.54) is 6.07 Å². The molecule has 2 aromatic rings. The molecule has 0 saturated carbocycles. The van der Waals surface area contributed by atoms with Crippen LogP contribution >= 0.6 is 11.6 Å². The Hall–Kier alpha value is -1.54. The highest BCUT2D eigenvalue weighted by Gasteiger charge is 2.25. The SMILES string of the molecule is COc1ccc(F)c(-c2ccc(CCl)cc2[C@@H](C)C(C)(C)C)c1. The van der Waals surface area contributed by atoms with Gasteiger partial charge in [-0.25, -0.2) is 4.39 Å². The Morgan fingerprint density at radius 3 is 2.35 bits per heavy atom. The van der Waals surface area contributed by atoms with Crippen molar-refractivity contribution in [3.05, 3.63) is 53.3 Å². The topological polar surface area (TPSA) is 9.23 Å². The molecule has 0 unspecified atom stereocenters. The first-order valence-corrected chi connectivity index (χ1v) is 8.34. The van der Waals surface area contributed by atoms with Crippen molar-refractivity contribution in [1.82, 2.24) is 0 Å². The summed E-state index contributed by atoms with van der Waals surface area (Å²) >= 11 is 6.00. The van der Waals surface area contributed by atoms with Gasteiger partial charge in [0.1, 0.15) is 11.6 Å². The maximum Gasteiger partial charge on any atom is 0.131 e. The van der Waals surface area contributed by atoms with Gasteiger partial charge < -0.3 is 4.74 Å². The quantitative estimate of drug-likeness (QED) is 0.588. The maximum atomic E-state index is 14.4. The van der Waals surface area contributed by atoms with Crippen molar-refractivity contribution >= 4 is 11.6 Å². The summed E-state index contributed by atoms with van der Waals surface area (Å²) in [6, 6.07) is 10.9. The molecule has 0 aliphatic carbocycles. The summed E-state index contributed by atoms with van der Waals surface area (Å²) in [5, 5.41) is 0. The second-order valence-corrected chi connectivity index (χ2v) is 7.26. The Kier molecular flexibility index (Phi) is 5.36. The zero-order valence-corrected chi connectivity index (χ0v) is 15.2. The van der Waals surface area contributed by atoms with Crippen LogP contribution < -0.4 is 4.74 Å². The number of alkyl halides is 1. The van der Waals surface area contributed by atoms with Crippen LogP contribution in [0, 0.1) is 11.2 Å². The minimum absolute atomic E-state index is 0.0645. The van der Waals surface area contributed by atoms with Gasteiger partial charge in [0.2, 0.25) is 0 Å². The minimum atomic E-state index is -0.244.